The van der Waals surface area contributed by atoms with Crippen LogP contribution in [0.5, 0.6) is 0 Å². The second-order valence-electron chi connectivity index (χ2n) is 4.47. The van der Waals surface area contributed by atoms with E-state index in [-0.39, 0.29) is 49.4 Å². The summed E-state index contributed by atoms with van der Waals surface area (Å²) in [6.07, 6.45) is 0.932. The third-order valence-electron chi connectivity index (χ3n) is 2.86. The summed E-state index contributed by atoms with van der Waals surface area (Å²) in [5.41, 5.74) is 5.44. The van der Waals surface area contributed by atoms with Gasteiger partial charge in [0.15, 0.2) is 11.2 Å². The van der Waals surface area contributed by atoms with Gasteiger partial charge in [0.1, 0.15) is 19.4 Å². The predicted octanol–water partition coefficient (Wildman–Crippen LogP) is -1.01. The summed E-state index contributed by atoms with van der Waals surface area (Å²) in [6.45, 7) is 1.26. The molecule has 1 unspecified atom stereocenters. The molecule has 2 aromatic heterocycles. The summed E-state index contributed by atoms with van der Waals surface area (Å²) in [5.74, 6) is -0.411. The summed E-state index contributed by atoms with van der Waals surface area (Å²) in [7, 11) is 0. The van der Waals surface area contributed by atoms with Crippen LogP contribution in [-0.2, 0) is 21.0 Å². The number of anilines is 1. The van der Waals surface area contributed by atoms with Crippen LogP contribution in [0.25, 0.3) is 11.2 Å². The molecule has 10 nitrogen and oxygen atoms in total. The molecule has 0 aromatic carbocycles. The van der Waals surface area contributed by atoms with Crippen LogP contribution >= 0.6 is 0 Å². The number of nitrogens with zero attached hydrogens (tertiary/aromatic N) is 3. The van der Waals surface area contributed by atoms with Crippen LogP contribution in [0.2, 0.25) is 0 Å². The SMILES string of the molecule is CCC(=O)OCC(CO)OCn1cnc2c(=O)[nH]c(N)nc21. The second kappa shape index (κ2) is 7.00. The third-order valence-corrected chi connectivity index (χ3v) is 2.86. The average Bonchev–Trinajstić information content (AvgIpc) is 2.90. The van der Waals surface area contributed by atoms with E-state index in [1.54, 1.807) is 6.92 Å². The zero-order valence-electron chi connectivity index (χ0n) is 12.0. The number of aliphatic hydroxyl groups is 1. The van der Waals surface area contributed by atoms with Crippen molar-refractivity contribution in [3.8, 4) is 0 Å². The molecule has 0 fully saturated rings. The lowest BCUT2D eigenvalue weighted by atomic mass is 10.4. The van der Waals surface area contributed by atoms with Gasteiger partial charge in [-0.2, -0.15) is 4.98 Å². The average molecular weight is 311 g/mol. The van der Waals surface area contributed by atoms with Crippen molar-refractivity contribution in [3.05, 3.63) is 16.7 Å². The Morgan fingerprint density at radius 2 is 2.36 bits per heavy atom. The van der Waals surface area contributed by atoms with E-state index in [0.717, 1.165) is 0 Å². The Morgan fingerprint density at radius 3 is 3.05 bits per heavy atom. The first-order chi connectivity index (χ1) is 10.5. The monoisotopic (exact) mass is 311 g/mol. The maximum Gasteiger partial charge on any atom is 0.305 e. The highest BCUT2D eigenvalue weighted by Gasteiger charge is 2.13. The number of nitrogens with one attached hydrogen (secondary N) is 1. The van der Waals surface area contributed by atoms with Crippen molar-refractivity contribution < 1.29 is 19.4 Å². The van der Waals surface area contributed by atoms with Gasteiger partial charge in [-0.3, -0.25) is 19.1 Å². The van der Waals surface area contributed by atoms with Gasteiger partial charge in [-0.05, 0) is 0 Å². The molecule has 0 saturated carbocycles. The van der Waals surface area contributed by atoms with Gasteiger partial charge >= 0.3 is 5.97 Å². The number of nitrogen functional groups attached to an aromatic ring is 1. The van der Waals surface area contributed by atoms with Crippen LogP contribution < -0.4 is 11.3 Å². The number of aromatic nitrogens is 4. The molecule has 0 radical (unpaired) electrons. The number of carbonyl (C=O) groups excluding carboxylic acids is 1. The number of hydrogen-bond acceptors (Lipinski definition) is 8. The number of nitrogens with two attached hydrogens (primary N) is 1. The maximum atomic E-state index is 11.6. The molecule has 22 heavy (non-hydrogen) atoms. The number of carbonyl (C=O) groups is 1. The Hall–Kier alpha value is -2.46. The summed E-state index contributed by atoms with van der Waals surface area (Å²) in [4.78, 5) is 33.0. The third kappa shape index (κ3) is 3.59. The predicted molar refractivity (Wildman–Crippen MR) is 75.8 cm³/mol. The van der Waals surface area contributed by atoms with Crippen LogP contribution in [0.1, 0.15) is 13.3 Å². The fraction of sp³-hybridized carbons (Fsp3) is 0.500. The van der Waals surface area contributed by atoms with Gasteiger partial charge in [0.25, 0.3) is 5.56 Å². The lowest BCUT2D eigenvalue weighted by Gasteiger charge is -2.15. The fourth-order valence-electron chi connectivity index (χ4n) is 1.69. The van der Waals surface area contributed by atoms with Crippen LogP contribution in [0.4, 0.5) is 5.95 Å². The first-order valence-corrected chi connectivity index (χ1v) is 6.63. The van der Waals surface area contributed by atoms with Crippen LogP contribution in [-0.4, -0.2) is 49.9 Å². The minimum absolute atomic E-state index is 0.0265. The van der Waals surface area contributed by atoms with Crippen LogP contribution in [0, 0.1) is 0 Å². The van der Waals surface area contributed by atoms with Gasteiger partial charge in [-0.25, -0.2) is 4.98 Å². The molecule has 4 N–H and O–H groups in total. The molecule has 0 spiro atoms. The molecular weight excluding hydrogens is 294 g/mol. The van der Waals surface area contributed by atoms with Gasteiger partial charge in [-0.15, -0.1) is 0 Å². The summed E-state index contributed by atoms with van der Waals surface area (Å²) < 4.78 is 11.8. The van der Waals surface area contributed by atoms with E-state index in [1.165, 1.54) is 10.9 Å². The Labute approximate surface area is 124 Å². The molecule has 2 aromatic rings. The molecule has 0 aliphatic heterocycles. The van der Waals surface area contributed by atoms with Crippen molar-refractivity contribution in [2.75, 3.05) is 18.9 Å². The van der Waals surface area contributed by atoms with E-state index in [1.807, 2.05) is 0 Å². The highest BCUT2D eigenvalue weighted by molar-refractivity contribution is 5.70. The molecule has 2 rings (SSSR count). The zero-order chi connectivity index (χ0) is 16.1. The fourth-order valence-corrected chi connectivity index (χ4v) is 1.69. The quantitative estimate of drug-likeness (QED) is 0.551. The standard InChI is InChI=1S/C12H17N5O5/c1-2-8(19)21-4-7(3-18)22-6-17-5-14-9-10(17)15-12(13)16-11(9)20/h5,7,18H,2-4,6H2,1H3,(H3,13,15,16,20). The van der Waals surface area contributed by atoms with Crippen molar-refractivity contribution in [3.63, 3.8) is 0 Å². The van der Waals surface area contributed by atoms with Gasteiger partial charge < -0.3 is 20.3 Å². The van der Waals surface area contributed by atoms with Gasteiger partial charge in [0.2, 0.25) is 5.95 Å². The lowest BCUT2D eigenvalue weighted by molar-refractivity contribution is -0.150. The Bertz CT molecular complexity index is 709. The van der Waals surface area contributed by atoms with Crippen molar-refractivity contribution in [2.45, 2.75) is 26.2 Å². The molecule has 0 aliphatic rings. The Morgan fingerprint density at radius 1 is 1.59 bits per heavy atom. The first-order valence-electron chi connectivity index (χ1n) is 6.63. The van der Waals surface area contributed by atoms with Gasteiger partial charge in [0, 0.05) is 6.42 Å². The molecule has 2 heterocycles. The highest BCUT2D eigenvalue weighted by Crippen LogP contribution is 2.07. The topological polar surface area (TPSA) is 145 Å². The van der Waals surface area contributed by atoms with E-state index < -0.39 is 11.7 Å². The van der Waals surface area contributed by atoms with E-state index in [9.17, 15) is 14.7 Å². The molecule has 1 atom stereocenters. The summed E-state index contributed by atoms with van der Waals surface area (Å²) in [5, 5.41) is 9.21. The number of esters is 1. The number of hydrogen-bond donors (Lipinski definition) is 3. The Balaban J connectivity index is 2.04. The largest absolute Gasteiger partial charge is 0.463 e. The number of aliphatic hydroxyl groups excluding tert-OH is 1. The van der Waals surface area contributed by atoms with Crippen LogP contribution in [0.3, 0.4) is 0 Å². The van der Waals surface area contributed by atoms with E-state index >= 15 is 0 Å². The summed E-state index contributed by atoms with van der Waals surface area (Å²) >= 11 is 0. The molecule has 120 valence electrons. The number of fused-ring (bicyclic) bond motifs is 1. The van der Waals surface area contributed by atoms with E-state index in [2.05, 4.69) is 15.0 Å². The normalized spacial score (nSPS) is 12.5. The molecular formula is C12H17N5O5. The maximum absolute atomic E-state index is 11.6. The van der Waals surface area contributed by atoms with Gasteiger partial charge in [-0.1, -0.05) is 6.92 Å². The van der Waals surface area contributed by atoms with E-state index in [4.69, 9.17) is 15.2 Å². The Kier molecular flexibility index (Phi) is 5.07. The summed E-state index contributed by atoms with van der Waals surface area (Å²) in [6, 6.07) is 0. The minimum Gasteiger partial charge on any atom is -0.463 e. The highest BCUT2D eigenvalue weighted by atomic mass is 16.6. The number of ether oxygens (including phenoxy) is 2. The molecule has 0 saturated heterocycles. The lowest BCUT2D eigenvalue weighted by Crippen LogP contribution is -2.26. The van der Waals surface area contributed by atoms with Crippen molar-refractivity contribution in [1.82, 2.24) is 19.5 Å². The number of imidazole rings is 1. The molecule has 0 aliphatic carbocycles. The zero-order valence-corrected chi connectivity index (χ0v) is 12.0. The minimum atomic E-state index is -0.688. The number of rotatable bonds is 7. The number of H-pyrrole nitrogens is 1. The van der Waals surface area contributed by atoms with E-state index in [0.29, 0.717) is 0 Å². The number of aromatic amines is 1. The van der Waals surface area contributed by atoms with Crippen molar-refractivity contribution in [2.24, 2.45) is 0 Å². The molecule has 0 bridgehead atoms. The van der Waals surface area contributed by atoms with Crippen molar-refractivity contribution in [1.29, 1.82) is 0 Å². The van der Waals surface area contributed by atoms with Crippen molar-refractivity contribution >= 4 is 23.1 Å². The van der Waals surface area contributed by atoms with Crippen LogP contribution in [0.15, 0.2) is 11.1 Å². The molecule has 10 heteroatoms. The first kappa shape index (κ1) is 15.9. The van der Waals surface area contributed by atoms with Gasteiger partial charge in [0.05, 0.1) is 12.9 Å². The smallest absolute Gasteiger partial charge is 0.305 e. The second-order valence-corrected chi connectivity index (χ2v) is 4.47. The molecule has 0 amide bonds.